The first-order valence-electron chi connectivity index (χ1n) is 5.41. The molecule has 96 valence electrons. The maximum absolute atomic E-state index is 10.7. The van der Waals surface area contributed by atoms with Crippen LogP contribution in [0.25, 0.3) is 6.08 Å². The van der Waals surface area contributed by atoms with E-state index in [1.807, 2.05) is 6.08 Å². The number of carbonyl (C=O) groups is 1. The lowest BCUT2D eigenvalue weighted by molar-refractivity contribution is -0.385. The Labute approximate surface area is 109 Å². The molecule has 0 aliphatic rings. The zero-order valence-electron chi connectivity index (χ0n) is 10.3. The van der Waals surface area contributed by atoms with Crippen molar-refractivity contribution in [3.05, 3.63) is 39.7 Å². The molecular formula is C12H14N2O3S. The molecule has 18 heavy (non-hydrogen) atoms. The SMILES string of the molecule is CC(=O)SCCC=Cc1cc([N+](=O)[O-])cnc1C. The molecule has 0 bridgehead atoms. The fourth-order valence-electron chi connectivity index (χ4n) is 1.29. The summed E-state index contributed by atoms with van der Waals surface area (Å²) >= 11 is 1.26. The van der Waals surface area contributed by atoms with Crippen molar-refractivity contribution < 1.29 is 9.72 Å². The minimum absolute atomic E-state index is 0.0154. The van der Waals surface area contributed by atoms with Crippen LogP contribution in [0.15, 0.2) is 18.3 Å². The molecule has 0 amide bonds. The van der Waals surface area contributed by atoms with Crippen LogP contribution in [0.5, 0.6) is 0 Å². The second-order valence-electron chi connectivity index (χ2n) is 3.66. The first-order valence-corrected chi connectivity index (χ1v) is 6.40. The van der Waals surface area contributed by atoms with Crippen LogP contribution in [0.4, 0.5) is 5.69 Å². The number of hydrogen-bond acceptors (Lipinski definition) is 5. The average Bonchev–Trinajstić information content (AvgIpc) is 2.30. The van der Waals surface area contributed by atoms with Crippen LogP contribution >= 0.6 is 11.8 Å². The van der Waals surface area contributed by atoms with E-state index in [9.17, 15) is 14.9 Å². The second kappa shape index (κ2) is 6.90. The minimum atomic E-state index is -0.463. The predicted octanol–water partition coefficient (Wildman–Crippen LogP) is 2.98. The highest BCUT2D eigenvalue weighted by molar-refractivity contribution is 8.13. The summed E-state index contributed by atoms with van der Waals surface area (Å²) in [4.78, 5) is 24.8. The van der Waals surface area contributed by atoms with E-state index >= 15 is 0 Å². The van der Waals surface area contributed by atoms with Crippen LogP contribution in [0.3, 0.4) is 0 Å². The molecule has 0 aliphatic carbocycles. The van der Waals surface area contributed by atoms with Gasteiger partial charge in [0.15, 0.2) is 5.12 Å². The summed E-state index contributed by atoms with van der Waals surface area (Å²) in [6, 6.07) is 1.50. The molecule has 0 unspecified atom stereocenters. The van der Waals surface area contributed by atoms with E-state index in [1.165, 1.54) is 30.9 Å². The third-order valence-electron chi connectivity index (χ3n) is 2.21. The highest BCUT2D eigenvalue weighted by atomic mass is 32.2. The molecule has 1 heterocycles. The number of rotatable bonds is 5. The highest BCUT2D eigenvalue weighted by Gasteiger charge is 2.07. The molecule has 0 aromatic carbocycles. The first kappa shape index (κ1) is 14.4. The lowest BCUT2D eigenvalue weighted by atomic mass is 10.1. The summed E-state index contributed by atoms with van der Waals surface area (Å²) in [6.45, 7) is 3.33. The Balaban J connectivity index is 2.65. The van der Waals surface area contributed by atoms with Gasteiger partial charge in [0, 0.05) is 30.0 Å². The topological polar surface area (TPSA) is 73.1 Å². The lowest BCUT2D eigenvalue weighted by Gasteiger charge is -1.99. The number of allylic oxidation sites excluding steroid dienone is 1. The number of nitro groups is 1. The number of aromatic nitrogens is 1. The van der Waals surface area contributed by atoms with Gasteiger partial charge in [0.05, 0.1) is 4.92 Å². The Hall–Kier alpha value is -1.69. The predicted molar refractivity (Wildman–Crippen MR) is 72.4 cm³/mol. The van der Waals surface area contributed by atoms with Gasteiger partial charge in [-0.3, -0.25) is 19.9 Å². The van der Waals surface area contributed by atoms with Crippen LogP contribution in [0.1, 0.15) is 24.6 Å². The molecule has 1 rings (SSSR count). The van der Waals surface area contributed by atoms with E-state index in [0.717, 1.165) is 17.7 Å². The fourth-order valence-corrected chi connectivity index (χ4v) is 1.83. The molecule has 0 atom stereocenters. The van der Waals surface area contributed by atoms with Gasteiger partial charge < -0.3 is 0 Å². The first-order chi connectivity index (χ1) is 8.50. The summed E-state index contributed by atoms with van der Waals surface area (Å²) in [5.41, 5.74) is 1.46. The van der Waals surface area contributed by atoms with Crippen LogP contribution in [-0.4, -0.2) is 20.8 Å². The molecule has 0 radical (unpaired) electrons. The number of aryl methyl sites for hydroxylation is 1. The van der Waals surface area contributed by atoms with Crippen molar-refractivity contribution in [2.45, 2.75) is 20.3 Å². The Morgan fingerprint density at radius 3 is 2.94 bits per heavy atom. The fraction of sp³-hybridized carbons (Fsp3) is 0.333. The van der Waals surface area contributed by atoms with E-state index in [1.54, 1.807) is 13.0 Å². The molecule has 0 fully saturated rings. The van der Waals surface area contributed by atoms with Crippen LogP contribution in [0, 0.1) is 17.0 Å². The standard InChI is InChI=1S/C12H14N2O3S/c1-9-11(5-3-4-6-18-10(2)15)7-12(8-13-9)14(16)17/h3,5,7-8H,4,6H2,1-2H3. The van der Waals surface area contributed by atoms with Crippen LogP contribution < -0.4 is 0 Å². The van der Waals surface area contributed by atoms with Gasteiger partial charge in [0.2, 0.25) is 0 Å². The van der Waals surface area contributed by atoms with Crippen molar-refractivity contribution in [1.82, 2.24) is 4.98 Å². The maximum Gasteiger partial charge on any atom is 0.288 e. The lowest BCUT2D eigenvalue weighted by Crippen LogP contribution is -1.93. The Morgan fingerprint density at radius 1 is 1.61 bits per heavy atom. The van der Waals surface area contributed by atoms with Crippen molar-refractivity contribution in [3.8, 4) is 0 Å². The normalized spacial score (nSPS) is 10.8. The summed E-state index contributed by atoms with van der Waals surface area (Å²) in [6.07, 6.45) is 5.68. The van der Waals surface area contributed by atoms with Crippen molar-refractivity contribution in [3.63, 3.8) is 0 Å². The van der Waals surface area contributed by atoms with Gasteiger partial charge in [0.25, 0.3) is 5.69 Å². The van der Waals surface area contributed by atoms with Gasteiger partial charge in [-0.25, -0.2) is 0 Å². The smallest absolute Gasteiger partial charge is 0.288 e. The number of pyridine rings is 1. The molecule has 1 aromatic heterocycles. The molecule has 0 N–H and O–H groups in total. The second-order valence-corrected chi connectivity index (χ2v) is 4.93. The molecule has 0 aliphatic heterocycles. The largest absolute Gasteiger partial charge is 0.288 e. The zero-order valence-corrected chi connectivity index (χ0v) is 11.1. The summed E-state index contributed by atoms with van der Waals surface area (Å²) in [5.74, 6) is 0.716. The molecule has 1 aromatic rings. The quantitative estimate of drug-likeness (QED) is 0.465. The van der Waals surface area contributed by atoms with Crippen molar-refractivity contribution in [2.24, 2.45) is 0 Å². The van der Waals surface area contributed by atoms with Crippen molar-refractivity contribution >= 4 is 28.6 Å². The number of nitrogens with zero attached hydrogens (tertiary/aromatic N) is 2. The van der Waals surface area contributed by atoms with Crippen molar-refractivity contribution in [1.29, 1.82) is 0 Å². The maximum atomic E-state index is 10.7. The van der Waals surface area contributed by atoms with Gasteiger partial charge in [-0.15, -0.1) is 0 Å². The monoisotopic (exact) mass is 266 g/mol. The van der Waals surface area contributed by atoms with E-state index in [0.29, 0.717) is 5.75 Å². The minimum Gasteiger partial charge on any atom is -0.288 e. The van der Waals surface area contributed by atoms with E-state index < -0.39 is 4.92 Å². The van der Waals surface area contributed by atoms with Crippen LogP contribution in [-0.2, 0) is 4.79 Å². The Kier molecular flexibility index (Phi) is 5.51. The number of carbonyl (C=O) groups excluding carboxylic acids is 1. The molecule has 6 heteroatoms. The zero-order chi connectivity index (χ0) is 13.5. The van der Waals surface area contributed by atoms with Gasteiger partial charge >= 0.3 is 0 Å². The van der Waals surface area contributed by atoms with Gasteiger partial charge in [-0.1, -0.05) is 23.9 Å². The molecule has 0 spiro atoms. The third-order valence-corrected chi connectivity index (χ3v) is 3.06. The van der Waals surface area contributed by atoms with E-state index in [-0.39, 0.29) is 10.8 Å². The highest BCUT2D eigenvalue weighted by Crippen LogP contribution is 2.16. The van der Waals surface area contributed by atoms with Crippen molar-refractivity contribution in [2.75, 3.05) is 5.75 Å². The summed E-state index contributed by atoms with van der Waals surface area (Å²) < 4.78 is 0. The summed E-state index contributed by atoms with van der Waals surface area (Å²) in [5, 5.41) is 10.7. The molecule has 0 saturated carbocycles. The van der Waals surface area contributed by atoms with Gasteiger partial charge in [0.1, 0.15) is 6.20 Å². The Bertz CT molecular complexity index is 486. The van der Waals surface area contributed by atoms with Gasteiger partial charge in [-0.05, 0) is 13.3 Å². The molecule has 5 nitrogen and oxygen atoms in total. The molecular weight excluding hydrogens is 252 g/mol. The number of thioether (sulfide) groups is 1. The number of hydrogen-bond donors (Lipinski definition) is 0. The van der Waals surface area contributed by atoms with E-state index in [2.05, 4.69) is 4.98 Å². The Morgan fingerprint density at radius 2 is 2.33 bits per heavy atom. The van der Waals surface area contributed by atoms with Gasteiger partial charge in [-0.2, -0.15) is 0 Å². The average molecular weight is 266 g/mol. The summed E-state index contributed by atoms with van der Waals surface area (Å²) in [7, 11) is 0. The third kappa shape index (κ3) is 4.67. The van der Waals surface area contributed by atoms with E-state index in [4.69, 9.17) is 0 Å². The van der Waals surface area contributed by atoms with Crippen LogP contribution in [0.2, 0.25) is 0 Å². The molecule has 0 saturated heterocycles.